The second-order valence-corrected chi connectivity index (χ2v) is 6.86. The number of nitrogens with one attached hydrogen (secondary N) is 1. The van der Waals surface area contributed by atoms with Gasteiger partial charge in [0.15, 0.2) is 5.16 Å². The number of thioether (sulfide) groups is 1. The van der Waals surface area contributed by atoms with Gasteiger partial charge in [-0.25, -0.2) is 0 Å². The molecule has 138 valence electrons. The van der Waals surface area contributed by atoms with Crippen LogP contribution in [0.2, 0.25) is 0 Å². The molecule has 0 fully saturated rings. The molecule has 1 amide bonds. The Morgan fingerprint density at radius 1 is 1.28 bits per heavy atom. The van der Waals surface area contributed by atoms with E-state index in [4.69, 9.17) is 5.73 Å². The van der Waals surface area contributed by atoms with Crippen LogP contribution in [0, 0.1) is 5.92 Å². The summed E-state index contributed by atoms with van der Waals surface area (Å²) >= 11 is 1.61. The van der Waals surface area contributed by atoms with E-state index in [-0.39, 0.29) is 18.3 Å². The topological polar surface area (TPSA) is 85.8 Å². The summed E-state index contributed by atoms with van der Waals surface area (Å²) in [4.78, 5) is 12.0. The Balaban J connectivity index is 0.00000312. The van der Waals surface area contributed by atoms with E-state index in [0.29, 0.717) is 23.7 Å². The summed E-state index contributed by atoms with van der Waals surface area (Å²) in [6, 6.07) is 6.92. The zero-order valence-corrected chi connectivity index (χ0v) is 16.5. The number of anilines is 1. The van der Waals surface area contributed by atoms with Crippen LogP contribution in [0.5, 0.6) is 0 Å². The molecule has 6 nitrogen and oxygen atoms in total. The third-order valence-corrected chi connectivity index (χ3v) is 4.23. The van der Waals surface area contributed by atoms with Crippen molar-refractivity contribution in [2.45, 2.75) is 38.4 Å². The molecular formula is C17H26ClN5OS. The molecule has 0 radical (unpaired) electrons. The van der Waals surface area contributed by atoms with Crippen LogP contribution in [0.3, 0.4) is 0 Å². The number of aryl methyl sites for hydroxylation is 1. The van der Waals surface area contributed by atoms with E-state index in [1.54, 1.807) is 36.0 Å². The number of nitrogens with zero attached hydrogens (tertiary/aromatic N) is 3. The highest BCUT2D eigenvalue weighted by Crippen LogP contribution is 2.16. The number of benzene rings is 1. The average molecular weight is 384 g/mol. The summed E-state index contributed by atoms with van der Waals surface area (Å²) in [5, 5.41) is 12.4. The van der Waals surface area contributed by atoms with Crippen molar-refractivity contribution in [2.75, 3.05) is 18.5 Å². The average Bonchev–Trinajstić information content (AvgIpc) is 2.93. The van der Waals surface area contributed by atoms with E-state index in [1.807, 2.05) is 6.26 Å². The molecule has 25 heavy (non-hydrogen) atoms. The molecule has 0 spiro atoms. The minimum absolute atomic E-state index is 0. The smallest absolute Gasteiger partial charge is 0.251 e. The number of aromatic nitrogens is 3. The van der Waals surface area contributed by atoms with Crippen molar-refractivity contribution in [1.82, 2.24) is 20.1 Å². The maximum atomic E-state index is 12.0. The Morgan fingerprint density at radius 2 is 1.96 bits per heavy atom. The van der Waals surface area contributed by atoms with E-state index in [1.165, 1.54) is 0 Å². The number of hydrogen-bond acceptors (Lipinski definition) is 5. The van der Waals surface area contributed by atoms with Crippen molar-refractivity contribution in [3.05, 3.63) is 35.7 Å². The quantitative estimate of drug-likeness (QED) is 0.415. The normalized spacial score (nSPS) is 10.6. The molecule has 0 bridgehead atoms. The molecule has 0 aliphatic carbocycles. The number of nitrogen functional groups attached to an aromatic ring is 1. The van der Waals surface area contributed by atoms with Gasteiger partial charge in [-0.3, -0.25) is 4.79 Å². The lowest BCUT2D eigenvalue weighted by molar-refractivity contribution is 0.0953. The first-order chi connectivity index (χ1) is 11.5. The Bertz CT molecular complexity index is 672. The molecular weight excluding hydrogens is 358 g/mol. The number of halogens is 1. The fourth-order valence-corrected chi connectivity index (χ4v) is 2.91. The molecule has 2 rings (SSSR count). The van der Waals surface area contributed by atoms with Gasteiger partial charge in [0.1, 0.15) is 5.82 Å². The largest absolute Gasteiger partial charge is 0.399 e. The fourth-order valence-electron chi connectivity index (χ4n) is 2.39. The van der Waals surface area contributed by atoms with Gasteiger partial charge in [0, 0.05) is 30.8 Å². The zero-order valence-electron chi connectivity index (χ0n) is 14.9. The van der Waals surface area contributed by atoms with Crippen LogP contribution in [0.15, 0.2) is 29.4 Å². The van der Waals surface area contributed by atoms with Gasteiger partial charge in [-0.15, -0.1) is 22.6 Å². The van der Waals surface area contributed by atoms with Crippen LogP contribution in [0.4, 0.5) is 5.69 Å². The number of amides is 1. The summed E-state index contributed by atoms with van der Waals surface area (Å²) < 4.78 is 2.18. The highest BCUT2D eigenvalue weighted by Gasteiger charge is 2.12. The van der Waals surface area contributed by atoms with Crippen molar-refractivity contribution in [2.24, 2.45) is 5.92 Å². The molecule has 1 aromatic heterocycles. The molecule has 0 unspecified atom stereocenters. The van der Waals surface area contributed by atoms with Gasteiger partial charge in [0.2, 0.25) is 0 Å². The third kappa shape index (κ3) is 6.25. The van der Waals surface area contributed by atoms with Crippen LogP contribution < -0.4 is 11.1 Å². The predicted octanol–water partition coefficient (Wildman–Crippen LogP) is 3.02. The molecule has 0 aliphatic heterocycles. The summed E-state index contributed by atoms with van der Waals surface area (Å²) in [6.45, 7) is 5.88. The third-order valence-electron chi connectivity index (χ3n) is 3.56. The van der Waals surface area contributed by atoms with E-state index in [9.17, 15) is 4.79 Å². The minimum Gasteiger partial charge on any atom is -0.399 e. The fraction of sp³-hybridized carbons (Fsp3) is 0.471. The molecule has 0 aliphatic rings. The number of rotatable bonds is 8. The maximum absolute atomic E-state index is 12.0. The van der Waals surface area contributed by atoms with Crippen molar-refractivity contribution >= 4 is 35.8 Å². The van der Waals surface area contributed by atoms with Gasteiger partial charge < -0.3 is 15.6 Å². The lowest BCUT2D eigenvalue weighted by Crippen LogP contribution is -2.25. The number of carbonyl (C=O) groups excluding carboxylic acids is 1. The second kappa shape index (κ2) is 10.3. The maximum Gasteiger partial charge on any atom is 0.251 e. The van der Waals surface area contributed by atoms with Crippen LogP contribution in [-0.4, -0.2) is 33.5 Å². The van der Waals surface area contributed by atoms with Gasteiger partial charge in [-0.1, -0.05) is 25.6 Å². The van der Waals surface area contributed by atoms with Crippen molar-refractivity contribution in [1.29, 1.82) is 0 Å². The van der Waals surface area contributed by atoms with Crippen LogP contribution in [0.1, 0.15) is 36.5 Å². The van der Waals surface area contributed by atoms with Gasteiger partial charge in [-0.05, 0) is 42.9 Å². The van der Waals surface area contributed by atoms with Gasteiger partial charge in [0.25, 0.3) is 5.91 Å². The molecule has 2 aromatic rings. The molecule has 0 atom stereocenters. The highest BCUT2D eigenvalue weighted by atomic mass is 35.5. The highest BCUT2D eigenvalue weighted by molar-refractivity contribution is 7.98. The summed E-state index contributed by atoms with van der Waals surface area (Å²) in [5.41, 5.74) is 6.90. The van der Waals surface area contributed by atoms with Crippen LogP contribution >= 0.6 is 24.2 Å². The van der Waals surface area contributed by atoms with Gasteiger partial charge >= 0.3 is 0 Å². The molecule has 3 N–H and O–H groups in total. The van der Waals surface area contributed by atoms with E-state index < -0.39 is 0 Å². The summed E-state index contributed by atoms with van der Waals surface area (Å²) in [6.07, 6.45) is 3.63. The molecule has 1 aromatic carbocycles. The van der Waals surface area contributed by atoms with Gasteiger partial charge in [-0.2, -0.15) is 0 Å². The standard InChI is InChI=1S/C17H25N5OS.ClH/c1-12(2)11-22-15(20-21-17(22)24-3)5-4-10-19-16(23)13-6-8-14(18)9-7-13;/h6-9,12H,4-5,10-11,18H2,1-3H3,(H,19,23);1H. The number of carbonyl (C=O) groups is 1. The zero-order chi connectivity index (χ0) is 17.5. The lowest BCUT2D eigenvalue weighted by atomic mass is 10.2. The Kier molecular flexibility index (Phi) is 8.78. The van der Waals surface area contributed by atoms with Crippen molar-refractivity contribution in [3.8, 4) is 0 Å². The first-order valence-electron chi connectivity index (χ1n) is 8.11. The second-order valence-electron chi connectivity index (χ2n) is 6.09. The summed E-state index contributed by atoms with van der Waals surface area (Å²) in [7, 11) is 0. The number of nitrogens with two attached hydrogens (primary N) is 1. The SMILES string of the molecule is CSc1nnc(CCCNC(=O)c2ccc(N)cc2)n1CC(C)C.Cl. The van der Waals surface area contributed by atoms with E-state index in [0.717, 1.165) is 30.4 Å². The van der Waals surface area contributed by atoms with Crippen LogP contribution in [-0.2, 0) is 13.0 Å². The molecule has 0 saturated heterocycles. The molecule has 8 heteroatoms. The monoisotopic (exact) mass is 383 g/mol. The summed E-state index contributed by atoms with van der Waals surface area (Å²) in [5.74, 6) is 1.44. The predicted molar refractivity (Wildman–Crippen MR) is 105 cm³/mol. The van der Waals surface area contributed by atoms with E-state index in [2.05, 4.69) is 33.9 Å². The molecule has 0 saturated carbocycles. The molecule has 1 heterocycles. The van der Waals surface area contributed by atoms with E-state index >= 15 is 0 Å². The Labute approximate surface area is 159 Å². The Hall–Kier alpha value is -1.73. The Morgan fingerprint density at radius 3 is 2.56 bits per heavy atom. The first-order valence-corrected chi connectivity index (χ1v) is 9.33. The minimum atomic E-state index is -0.0801. The van der Waals surface area contributed by atoms with Crippen molar-refractivity contribution < 1.29 is 4.79 Å². The number of hydrogen-bond donors (Lipinski definition) is 2. The van der Waals surface area contributed by atoms with Crippen molar-refractivity contribution in [3.63, 3.8) is 0 Å². The van der Waals surface area contributed by atoms with Gasteiger partial charge in [0.05, 0.1) is 0 Å². The first kappa shape index (κ1) is 21.3. The van der Waals surface area contributed by atoms with Crippen LogP contribution in [0.25, 0.3) is 0 Å². The lowest BCUT2D eigenvalue weighted by Gasteiger charge is -2.11.